The number of rotatable bonds is 4. The van der Waals surface area contributed by atoms with Crippen LogP contribution in [0.2, 0.25) is 0 Å². The van der Waals surface area contributed by atoms with Gasteiger partial charge in [-0.1, -0.05) is 18.2 Å². The number of nitrogens with two attached hydrogens (primary N) is 1. The molecule has 0 unspecified atom stereocenters. The maximum atomic E-state index is 5.42. The Hall–Kier alpha value is -2.41. The fraction of sp³-hybridized carbons (Fsp3) is 0.308. The van der Waals surface area contributed by atoms with Gasteiger partial charge in [-0.3, -0.25) is 5.43 Å². The van der Waals surface area contributed by atoms with Gasteiger partial charge in [0.25, 0.3) is 0 Å². The summed E-state index contributed by atoms with van der Waals surface area (Å²) in [4.78, 5) is 16.6. The van der Waals surface area contributed by atoms with Crippen LogP contribution in [0.15, 0.2) is 24.3 Å². The zero-order valence-electron chi connectivity index (χ0n) is 12.1. The molecule has 0 fully saturated rings. The standard InChI is InChI=1S/C13H19N7/c1-9-7-5-6-8-10(9)20(4)13-16-11(18-14)15-12(17-13)19(2)3/h5-8H,14H2,1-4H3,(H,15,16,17,18). The number of nitrogens with one attached hydrogen (secondary N) is 1. The van der Waals surface area contributed by atoms with Gasteiger partial charge in [-0.25, -0.2) is 5.84 Å². The highest BCUT2D eigenvalue weighted by Gasteiger charge is 2.13. The molecule has 2 rings (SSSR count). The first-order chi connectivity index (χ1) is 9.52. The number of hydrogen-bond acceptors (Lipinski definition) is 7. The molecule has 0 saturated heterocycles. The van der Waals surface area contributed by atoms with Crippen molar-refractivity contribution in [3.8, 4) is 0 Å². The second-order valence-corrected chi connectivity index (χ2v) is 4.64. The van der Waals surface area contributed by atoms with Gasteiger partial charge in [0.1, 0.15) is 0 Å². The van der Waals surface area contributed by atoms with Crippen LogP contribution in [0.3, 0.4) is 0 Å². The molecule has 106 valence electrons. The Balaban J connectivity index is 2.46. The van der Waals surface area contributed by atoms with Crippen LogP contribution in [-0.2, 0) is 0 Å². The second kappa shape index (κ2) is 5.70. The lowest BCUT2D eigenvalue weighted by Crippen LogP contribution is -2.21. The normalized spacial score (nSPS) is 10.2. The van der Waals surface area contributed by atoms with Gasteiger partial charge in [-0.15, -0.1) is 0 Å². The van der Waals surface area contributed by atoms with E-state index in [0.717, 1.165) is 11.3 Å². The van der Waals surface area contributed by atoms with E-state index in [1.807, 2.05) is 57.2 Å². The Labute approximate surface area is 118 Å². The van der Waals surface area contributed by atoms with Crippen molar-refractivity contribution in [2.45, 2.75) is 6.92 Å². The summed E-state index contributed by atoms with van der Waals surface area (Å²) in [6.45, 7) is 2.04. The van der Waals surface area contributed by atoms with E-state index in [1.54, 1.807) is 4.90 Å². The quantitative estimate of drug-likeness (QED) is 0.641. The summed E-state index contributed by atoms with van der Waals surface area (Å²) in [5.41, 5.74) is 4.64. The highest BCUT2D eigenvalue weighted by atomic mass is 15.4. The molecule has 0 radical (unpaired) electrons. The number of aromatic nitrogens is 3. The maximum absolute atomic E-state index is 5.42. The molecule has 0 amide bonds. The van der Waals surface area contributed by atoms with Gasteiger partial charge in [0, 0.05) is 26.8 Å². The van der Waals surface area contributed by atoms with Gasteiger partial charge in [0.15, 0.2) is 0 Å². The van der Waals surface area contributed by atoms with Gasteiger partial charge in [0.2, 0.25) is 17.8 Å². The van der Waals surface area contributed by atoms with E-state index in [0.29, 0.717) is 17.8 Å². The van der Waals surface area contributed by atoms with Crippen LogP contribution in [0, 0.1) is 6.92 Å². The SMILES string of the molecule is Cc1ccccc1N(C)c1nc(NN)nc(N(C)C)n1. The molecule has 1 heterocycles. The molecular formula is C13H19N7. The van der Waals surface area contributed by atoms with Crippen LogP contribution >= 0.6 is 0 Å². The molecule has 0 spiro atoms. The Morgan fingerprint density at radius 2 is 1.65 bits per heavy atom. The zero-order valence-corrected chi connectivity index (χ0v) is 12.1. The lowest BCUT2D eigenvalue weighted by molar-refractivity contribution is 0.927. The highest BCUT2D eigenvalue weighted by molar-refractivity contribution is 5.62. The number of hydrogen-bond donors (Lipinski definition) is 2. The zero-order chi connectivity index (χ0) is 14.7. The fourth-order valence-electron chi connectivity index (χ4n) is 1.82. The van der Waals surface area contributed by atoms with Gasteiger partial charge in [0.05, 0.1) is 0 Å². The molecule has 0 saturated carbocycles. The molecule has 1 aromatic heterocycles. The summed E-state index contributed by atoms with van der Waals surface area (Å²) in [6, 6.07) is 8.04. The van der Waals surface area contributed by atoms with Crippen molar-refractivity contribution in [3.05, 3.63) is 29.8 Å². The first-order valence-corrected chi connectivity index (χ1v) is 6.22. The van der Waals surface area contributed by atoms with E-state index >= 15 is 0 Å². The van der Waals surface area contributed by atoms with Crippen LogP contribution < -0.4 is 21.1 Å². The summed E-state index contributed by atoms with van der Waals surface area (Å²) in [5, 5.41) is 0. The van der Waals surface area contributed by atoms with E-state index in [9.17, 15) is 0 Å². The number of para-hydroxylation sites is 1. The van der Waals surface area contributed by atoms with Crippen molar-refractivity contribution in [2.75, 3.05) is 36.4 Å². The molecule has 0 aliphatic carbocycles. The lowest BCUT2D eigenvalue weighted by Gasteiger charge is -2.21. The number of aryl methyl sites for hydroxylation is 1. The van der Waals surface area contributed by atoms with Gasteiger partial charge < -0.3 is 9.80 Å². The Morgan fingerprint density at radius 3 is 2.25 bits per heavy atom. The second-order valence-electron chi connectivity index (χ2n) is 4.64. The fourth-order valence-corrected chi connectivity index (χ4v) is 1.82. The third-order valence-corrected chi connectivity index (χ3v) is 2.92. The van der Waals surface area contributed by atoms with E-state index in [2.05, 4.69) is 20.4 Å². The molecule has 7 heteroatoms. The first kappa shape index (κ1) is 14.0. The molecule has 0 aliphatic heterocycles. The number of hydrazine groups is 1. The molecule has 1 aromatic carbocycles. The topological polar surface area (TPSA) is 83.2 Å². The molecule has 0 atom stereocenters. The average Bonchev–Trinajstić information content (AvgIpc) is 2.46. The molecule has 7 nitrogen and oxygen atoms in total. The third-order valence-electron chi connectivity index (χ3n) is 2.92. The van der Waals surface area contributed by atoms with Gasteiger partial charge in [-0.2, -0.15) is 15.0 Å². The monoisotopic (exact) mass is 273 g/mol. The van der Waals surface area contributed by atoms with Gasteiger partial charge in [-0.05, 0) is 18.6 Å². The van der Waals surface area contributed by atoms with Crippen molar-refractivity contribution in [3.63, 3.8) is 0 Å². The summed E-state index contributed by atoms with van der Waals surface area (Å²) in [5.74, 6) is 6.83. The summed E-state index contributed by atoms with van der Waals surface area (Å²) in [6.07, 6.45) is 0. The van der Waals surface area contributed by atoms with Crippen LogP contribution in [0.25, 0.3) is 0 Å². The summed E-state index contributed by atoms with van der Waals surface area (Å²) < 4.78 is 0. The smallest absolute Gasteiger partial charge is 0.243 e. The molecule has 0 bridgehead atoms. The average molecular weight is 273 g/mol. The van der Waals surface area contributed by atoms with E-state index < -0.39 is 0 Å². The Bertz CT molecular complexity index is 597. The number of nitrogen functional groups attached to an aromatic ring is 1. The lowest BCUT2D eigenvalue weighted by atomic mass is 10.2. The maximum Gasteiger partial charge on any atom is 0.243 e. The van der Waals surface area contributed by atoms with Crippen molar-refractivity contribution < 1.29 is 0 Å². The summed E-state index contributed by atoms with van der Waals surface area (Å²) >= 11 is 0. The van der Waals surface area contributed by atoms with Crippen LogP contribution in [-0.4, -0.2) is 36.1 Å². The number of benzene rings is 1. The predicted octanol–water partition coefficient (Wildman–Crippen LogP) is 1.30. The molecule has 3 N–H and O–H groups in total. The third kappa shape index (κ3) is 2.77. The van der Waals surface area contributed by atoms with E-state index in [4.69, 9.17) is 5.84 Å². The largest absolute Gasteiger partial charge is 0.347 e. The van der Waals surface area contributed by atoms with Gasteiger partial charge >= 0.3 is 0 Å². The van der Waals surface area contributed by atoms with Crippen molar-refractivity contribution in [1.29, 1.82) is 0 Å². The van der Waals surface area contributed by atoms with Crippen LogP contribution in [0.1, 0.15) is 5.56 Å². The Morgan fingerprint density at radius 1 is 1.00 bits per heavy atom. The highest BCUT2D eigenvalue weighted by Crippen LogP contribution is 2.25. The Kier molecular flexibility index (Phi) is 3.99. The van der Waals surface area contributed by atoms with E-state index in [1.165, 1.54) is 0 Å². The van der Waals surface area contributed by atoms with Crippen molar-refractivity contribution >= 4 is 23.5 Å². The molecule has 0 aliphatic rings. The molecule has 2 aromatic rings. The number of nitrogens with zero attached hydrogens (tertiary/aromatic N) is 5. The van der Waals surface area contributed by atoms with Crippen LogP contribution in [0.5, 0.6) is 0 Å². The van der Waals surface area contributed by atoms with Crippen LogP contribution in [0.4, 0.5) is 23.5 Å². The first-order valence-electron chi connectivity index (χ1n) is 6.22. The number of anilines is 4. The van der Waals surface area contributed by atoms with Crippen molar-refractivity contribution in [1.82, 2.24) is 15.0 Å². The minimum absolute atomic E-state index is 0.333. The van der Waals surface area contributed by atoms with E-state index in [-0.39, 0.29) is 0 Å². The summed E-state index contributed by atoms with van der Waals surface area (Å²) in [7, 11) is 5.65. The molecule has 20 heavy (non-hydrogen) atoms. The minimum atomic E-state index is 0.333. The minimum Gasteiger partial charge on any atom is -0.347 e. The predicted molar refractivity (Wildman–Crippen MR) is 81.2 cm³/mol. The van der Waals surface area contributed by atoms with Crippen molar-refractivity contribution in [2.24, 2.45) is 5.84 Å². The molecular weight excluding hydrogens is 254 g/mol.